The van der Waals surface area contributed by atoms with Gasteiger partial charge in [0.2, 0.25) is 11.0 Å². The number of rotatable bonds is 3. The molecule has 2 aromatic carbocycles. The first kappa shape index (κ1) is 16.9. The van der Waals surface area contributed by atoms with E-state index in [2.05, 4.69) is 20.5 Å². The molecule has 0 radical (unpaired) electrons. The van der Waals surface area contributed by atoms with Crippen LogP contribution in [0.5, 0.6) is 11.6 Å². The number of hydrogen-bond acceptors (Lipinski definition) is 7. The molecule has 2 N–H and O–H groups in total. The molecule has 0 bridgehead atoms. The number of fused-ring (bicyclic) bond motifs is 3. The number of aromatic hydroxyl groups is 1. The lowest BCUT2D eigenvalue weighted by molar-refractivity contribution is 0.225. The highest BCUT2D eigenvalue weighted by atomic mass is 35.5. The summed E-state index contributed by atoms with van der Waals surface area (Å²) in [5, 5.41) is 22.5. The summed E-state index contributed by atoms with van der Waals surface area (Å²) in [6.07, 6.45) is -0.631. The van der Waals surface area contributed by atoms with E-state index in [1.807, 2.05) is 31.2 Å². The van der Waals surface area contributed by atoms with E-state index in [0.29, 0.717) is 22.3 Å². The largest absolute Gasteiger partial charge is 0.506 e. The molecule has 6 nitrogen and oxygen atoms in total. The van der Waals surface area contributed by atoms with E-state index in [0.717, 1.165) is 17.0 Å². The van der Waals surface area contributed by atoms with Crippen LogP contribution in [-0.2, 0) is 0 Å². The molecule has 4 rings (SSSR count). The lowest BCUT2D eigenvalue weighted by atomic mass is 10.1. The zero-order valence-corrected chi connectivity index (χ0v) is 15.4. The standard InChI is InChI=1S/C18H15ClN4O2S/c1-2-26-18-21-17-15(22-23-18)10-6-3-4-8-12(10)20-16(25-17)11-7-5-9-13(24)14(11)19/h3-9,16,20,24H,2H2,1H3/t16-/m0/s1. The third-order valence-electron chi connectivity index (χ3n) is 3.90. The first-order valence-electron chi connectivity index (χ1n) is 8.05. The third kappa shape index (κ3) is 3.04. The zero-order chi connectivity index (χ0) is 18.1. The van der Waals surface area contributed by atoms with Gasteiger partial charge in [-0.25, -0.2) is 0 Å². The predicted octanol–water partition coefficient (Wildman–Crippen LogP) is 4.51. The van der Waals surface area contributed by atoms with Crippen LogP contribution in [0.1, 0.15) is 18.7 Å². The van der Waals surface area contributed by atoms with Crippen LogP contribution in [0.15, 0.2) is 47.6 Å². The summed E-state index contributed by atoms with van der Waals surface area (Å²) in [6, 6.07) is 12.7. The zero-order valence-electron chi connectivity index (χ0n) is 13.8. The SMILES string of the molecule is CCSc1nnc2c(n1)O[C@@H](c1cccc(O)c1Cl)Nc1ccccc1-2. The predicted molar refractivity (Wildman–Crippen MR) is 102 cm³/mol. The summed E-state index contributed by atoms with van der Waals surface area (Å²) < 4.78 is 6.11. The van der Waals surface area contributed by atoms with Gasteiger partial charge in [-0.3, -0.25) is 0 Å². The van der Waals surface area contributed by atoms with E-state index in [1.165, 1.54) is 17.8 Å². The van der Waals surface area contributed by atoms with Crippen LogP contribution in [0, 0.1) is 0 Å². The van der Waals surface area contributed by atoms with Gasteiger partial charge in [-0.2, -0.15) is 4.98 Å². The molecule has 0 unspecified atom stereocenters. The van der Waals surface area contributed by atoms with Gasteiger partial charge in [-0.05, 0) is 17.9 Å². The summed E-state index contributed by atoms with van der Waals surface area (Å²) in [5.74, 6) is 1.20. The Bertz CT molecular complexity index is 970. The first-order valence-corrected chi connectivity index (χ1v) is 9.41. The van der Waals surface area contributed by atoms with E-state index in [9.17, 15) is 5.11 Å². The highest BCUT2D eigenvalue weighted by Crippen LogP contribution is 2.41. The molecule has 0 saturated heterocycles. The van der Waals surface area contributed by atoms with Gasteiger partial charge in [0.15, 0.2) is 11.9 Å². The van der Waals surface area contributed by atoms with Crippen molar-refractivity contribution in [1.29, 1.82) is 0 Å². The van der Waals surface area contributed by atoms with Crippen molar-refractivity contribution in [1.82, 2.24) is 15.2 Å². The minimum atomic E-state index is -0.631. The van der Waals surface area contributed by atoms with Gasteiger partial charge in [0.05, 0.1) is 5.02 Å². The van der Waals surface area contributed by atoms with Gasteiger partial charge in [0.1, 0.15) is 5.75 Å². The number of nitrogens with one attached hydrogen (secondary N) is 1. The van der Waals surface area contributed by atoms with Gasteiger partial charge in [0.25, 0.3) is 0 Å². The summed E-state index contributed by atoms with van der Waals surface area (Å²) in [7, 11) is 0. The maximum atomic E-state index is 9.95. The molecule has 1 aliphatic rings. The number of phenols is 1. The topological polar surface area (TPSA) is 80.2 Å². The number of para-hydroxylation sites is 1. The number of hydrogen-bond donors (Lipinski definition) is 2. The lowest BCUT2D eigenvalue weighted by Gasteiger charge is -2.20. The first-order chi connectivity index (χ1) is 12.7. The highest BCUT2D eigenvalue weighted by Gasteiger charge is 2.27. The van der Waals surface area contributed by atoms with Crippen LogP contribution in [0.3, 0.4) is 0 Å². The molecular formula is C18H15ClN4O2S. The molecule has 0 aliphatic carbocycles. The quantitative estimate of drug-likeness (QED) is 0.641. The van der Waals surface area contributed by atoms with E-state index in [1.54, 1.807) is 12.1 Å². The Morgan fingerprint density at radius 1 is 1.19 bits per heavy atom. The Balaban J connectivity index is 1.86. The van der Waals surface area contributed by atoms with Crippen molar-refractivity contribution in [3.8, 4) is 22.9 Å². The van der Waals surface area contributed by atoms with Crippen molar-refractivity contribution < 1.29 is 9.84 Å². The van der Waals surface area contributed by atoms with Crippen molar-refractivity contribution in [2.75, 3.05) is 11.1 Å². The van der Waals surface area contributed by atoms with E-state index in [-0.39, 0.29) is 10.8 Å². The fraction of sp³-hybridized carbons (Fsp3) is 0.167. The Morgan fingerprint density at radius 2 is 2.04 bits per heavy atom. The summed E-state index contributed by atoms with van der Waals surface area (Å²) in [4.78, 5) is 4.51. The lowest BCUT2D eigenvalue weighted by Crippen LogP contribution is -2.17. The Kier molecular flexibility index (Phi) is 4.57. The number of ether oxygens (including phenoxy) is 1. The number of aromatic nitrogens is 3. The minimum Gasteiger partial charge on any atom is -0.506 e. The normalized spacial score (nSPS) is 15.2. The molecule has 132 valence electrons. The molecular weight excluding hydrogens is 372 g/mol. The molecule has 0 fully saturated rings. The van der Waals surface area contributed by atoms with Crippen LogP contribution in [0.4, 0.5) is 5.69 Å². The van der Waals surface area contributed by atoms with Crippen molar-refractivity contribution in [2.45, 2.75) is 18.3 Å². The Labute approximate surface area is 159 Å². The highest BCUT2D eigenvalue weighted by molar-refractivity contribution is 7.99. The van der Waals surface area contributed by atoms with Crippen LogP contribution >= 0.6 is 23.4 Å². The molecule has 3 aromatic rings. The van der Waals surface area contributed by atoms with Crippen molar-refractivity contribution in [3.63, 3.8) is 0 Å². The molecule has 8 heteroatoms. The number of anilines is 1. The average molecular weight is 387 g/mol. The van der Waals surface area contributed by atoms with E-state index in [4.69, 9.17) is 16.3 Å². The maximum absolute atomic E-state index is 9.95. The van der Waals surface area contributed by atoms with Crippen LogP contribution in [0.2, 0.25) is 5.02 Å². The van der Waals surface area contributed by atoms with Gasteiger partial charge >= 0.3 is 0 Å². The maximum Gasteiger partial charge on any atom is 0.247 e. The second-order valence-electron chi connectivity index (χ2n) is 5.55. The molecule has 0 amide bonds. The smallest absolute Gasteiger partial charge is 0.247 e. The van der Waals surface area contributed by atoms with Gasteiger partial charge in [-0.1, -0.05) is 60.6 Å². The molecule has 0 saturated carbocycles. The molecule has 0 spiro atoms. The fourth-order valence-corrected chi connectivity index (χ4v) is 3.45. The van der Waals surface area contributed by atoms with Gasteiger partial charge in [0, 0.05) is 16.8 Å². The third-order valence-corrected chi connectivity index (χ3v) is 5.03. The van der Waals surface area contributed by atoms with E-state index >= 15 is 0 Å². The van der Waals surface area contributed by atoms with Crippen molar-refractivity contribution >= 4 is 29.1 Å². The number of nitrogens with zero attached hydrogens (tertiary/aromatic N) is 3. The second kappa shape index (κ2) is 7.01. The Hall–Kier alpha value is -2.51. The molecule has 1 aromatic heterocycles. The number of halogens is 1. The van der Waals surface area contributed by atoms with Crippen molar-refractivity contribution in [3.05, 3.63) is 53.1 Å². The number of phenolic OH excluding ortho intramolecular Hbond substituents is 1. The average Bonchev–Trinajstić information content (AvgIpc) is 2.80. The summed E-state index contributed by atoms with van der Waals surface area (Å²) in [5.41, 5.74) is 2.84. The van der Waals surface area contributed by atoms with Gasteiger partial charge in [-0.15, -0.1) is 10.2 Å². The second-order valence-corrected chi connectivity index (χ2v) is 7.16. The molecule has 2 heterocycles. The monoisotopic (exact) mass is 386 g/mol. The van der Waals surface area contributed by atoms with Crippen LogP contribution < -0.4 is 10.1 Å². The fourth-order valence-electron chi connectivity index (χ4n) is 2.72. The number of benzene rings is 2. The number of thioether (sulfide) groups is 1. The molecule has 26 heavy (non-hydrogen) atoms. The molecule has 1 atom stereocenters. The summed E-state index contributed by atoms with van der Waals surface area (Å²) >= 11 is 7.78. The van der Waals surface area contributed by atoms with Crippen LogP contribution in [-0.4, -0.2) is 26.0 Å². The van der Waals surface area contributed by atoms with Crippen LogP contribution in [0.25, 0.3) is 11.3 Å². The van der Waals surface area contributed by atoms with Crippen molar-refractivity contribution in [2.24, 2.45) is 0 Å². The van der Waals surface area contributed by atoms with Gasteiger partial charge < -0.3 is 15.2 Å². The summed E-state index contributed by atoms with van der Waals surface area (Å²) in [6.45, 7) is 2.02. The minimum absolute atomic E-state index is 0.00429. The Morgan fingerprint density at radius 3 is 2.88 bits per heavy atom. The van der Waals surface area contributed by atoms with E-state index < -0.39 is 6.23 Å². The molecule has 1 aliphatic heterocycles.